The average Bonchev–Trinajstić information content (AvgIpc) is 2.41. The number of carbonyl (C=O) groups excluding carboxylic acids is 1. The van der Waals surface area contributed by atoms with Gasteiger partial charge in [-0.3, -0.25) is 4.79 Å². The van der Waals surface area contributed by atoms with Gasteiger partial charge in [-0.05, 0) is 36.8 Å². The second-order valence-electron chi connectivity index (χ2n) is 6.24. The monoisotopic (exact) mass is 274 g/mol. The quantitative estimate of drug-likeness (QED) is 0.885. The Morgan fingerprint density at radius 2 is 2.00 bits per heavy atom. The highest BCUT2D eigenvalue weighted by Gasteiger charge is 2.28. The van der Waals surface area contributed by atoms with Crippen molar-refractivity contribution in [3.8, 4) is 0 Å². The number of carbonyl (C=O) groups is 1. The van der Waals surface area contributed by atoms with Crippen molar-refractivity contribution in [1.82, 2.24) is 0 Å². The fourth-order valence-corrected chi connectivity index (χ4v) is 3.04. The van der Waals surface area contributed by atoms with Gasteiger partial charge in [-0.15, -0.1) is 0 Å². The van der Waals surface area contributed by atoms with Crippen LogP contribution in [0.2, 0.25) is 0 Å². The van der Waals surface area contributed by atoms with Crippen LogP contribution in [0.15, 0.2) is 18.2 Å². The molecule has 2 atom stereocenters. The topological polar surface area (TPSA) is 55.1 Å². The summed E-state index contributed by atoms with van der Waals surface area (Å²) in [6, 6.07) is 6.19. The number of anilines is 1. The highest BCUT2D eigenvalue weighted by Crippen LogP contribution is 2.30. The zero-order chi connectivity index (χ0) is 14.7. The Morgan fingerprint density at radius 1 is 1.30 bits per heavy atom. The maximum Gasteiger partial charge on any atom is 0.229 e. The van der Waals surface area contributed by atoms with Gasteiger partial charge in [-0.2, -0.15) is 0 Å². The van der Waals surface area contributed by atoms with Crippen molar-refractivity contribution in [3.63, 3.8) is 0 Å². The third-order valence-electron chi connectivity index (χ3n) is 4.33. The number of hydrogen-bond donors (Lipinski definition) is 2. The Hall–Kier alpha value is -1.35. The largest absolute Gasteiger partial charge is 0.327 e. The normalized spacial score (nSPS) is 22.9. The first-order valence-electron chi connectivity index (χ1n) is 7.66. The molecule has 0 saturated heterocycles. The maximum absolute atomic E-state index is 12.5. The molecular formula is C17H26N2O. The van der Waals surface area contributed by atoms with Gasteiger partial charge in [0.1, 0.15) is 0 Å². The van der Waals surface area contributed by atoms with Crippen molar-refractivity contribution in [2.45, 2.75) is 58.4 Å². The lowest BCUT2D eigenvalue weighted by molar-refractivity contribution is -0.121. The van der Waals surface area contributed by atoms with Crippen molar-refractivity contribution in [3.05, 3.63) is 29.3 Å². The van der Waals surface area contributed by atoms with Crippen molar-refractivity contribution in [1.29, 1.82) is 0 Å². The number of para-hydroxylation sites is 1. The first-order chi connectivity index (χ1) is 9.50. The first-order valence-corrected chi connectivity index (χ1v) is 7.66. The number of rotatable bonds is 3. The summed E-state index contributed by atoms with van der Waals surface area (Å²) in [7, 11) is 0. The summed E-state index contributed by atoms with van der Waals surface area (Å²) in [5.41, 5.74) is 9.40. The standard InChI is InChI=1S/C17H26N2O/c1-11(2)13-9-6-7-12(3)16(13)19-17(20)14-8-4-5-10-15(14)18/h6-7,9,11,14-15H,4-5,8,10,18H2,1-3H3,(H,19,20). The van der Waals surface area contributed by atoms with Crippen molar-refractivity contribution in [2.75, 3.05) is 5.32 Å². The Balaban J connectivity index is 2.19. The lowest BCUT2D eigenvalue weighted by Crippen LogP contribution is -2.41. The Kier molecular flexibility index (Phi) is 4.81. The van der Waals surface area contributed by atoms with E-state index < -0.39 is 0 Å². The number of nitrogens with one attached hydrogen (secondary N) is 1. The SMILES string of the molecule is Cc1cccc(C(C)C)c1NC(=O)C1CCCCC1N. The van der Waals surface area contributed by atoms with Crippen LogP contribution in [0.1, 0.15) is 56.6 Å². The van der Waals surface area contributed by atoms with E-state index in [1.54, 1.807) is 0 Å². The van der Waals surface area contributed by atoms with Crippen molar-refractivity contribution < 1.29 is 4.79 Å². The molecule has 0 radical (unpaired) electrons. The second-order valence-corrected chi connectivity index (χ2v) is 6.24. The molecule has 0 aliphatic heterocycles. The lowest BCUT2D eigenvalue weighted by atomic mass is 9.84. The van der Waals surface area contributed by atoms with Gasteiger partial charge in [0.05, 0.1) is 5.92 Å². The minimum Gasteiger partial charge on any atom is -0.327 e. The zero-order valence-electron chi connectivity index (χ0n) is 12.8. The lowest BCUT2D eigenvalue weighted by Gasteiger charge is -2.28. The Morgan fingerprint density at radius 3 is 2.65 bits per heavy atom. The van der Waals surface area contributed by atoms with E-state index in [9.17, 15) is 4.79 Å². The van der Waals surface area contributed by atoms with Gasteiger partial charge in [-0.1, -0.05) is 44.9 Å². The third-order valence-corrected chi connectivity index (χ3v) is 4.33. The highest BCUT2D eigenvalue weighted by molar-refractivity contribution is 5.94. The molecule has 1 aliphatic carbocycles. The fourth-order valence-electron chi connectivity index (χ4n) is 3.04. The van der Waals surface area contributed by atoms with E-state index in [2.05, 4.69) is 25.2 Å². The molecule has 0 bridgehead atoms. The summed E-state index contributed by atoms with van der Waals surface area (Å²) in [5.74, 6) is 0.446. The summed E-state index contributed by atoms with van der Waals surface area (Å²) < 4.78 is 0. The minimum atomic E-state index is -0.0385. The minimum absolute atomic E-state index is 0.00951. The van der Waals surface area contributed by atoms with E-state index in [1.165, 1.54) is 5.56 Å². The van der Waals surface area contributed by atoms with Crippen LogP contribution in [0.3, 0.4) is 0 Å². The van der Waals surface area contributed by atoms with Crippen molar-refractivity contribution in [2.24, 2.45) is 11.7 Å². The molecule has 0 aromatic heterocycles. The number of amides is 1. The van der Waals surface area contributed by atoms with Crippen LogP contribution in [0, 0.1) is 12.8 Å². The average molecular weight is 274 g/mol. The summed E-state index contributed by atoms with van der Waals surface area (Å²) in [6.45, 7) is 6.34. The molecule has 1 aromatic carbocycles. The summed E-state index contributed by atoms with van der Waals surface area (Å²) in [5, 5.41) is 3.14. The first kappa shape index (κ1) is 15.0. The van der Waals surface area contributed by atoms with Crippen LogP contribution >= 0.6 is 0 Å². The molecule has 0 spiro atoms. The van der Waals surface area contributed by atoms with E-state index in [0.29, 0.717) is 5.92 Å². The fraction of sp³-hybridized carbons (Fsp3) is 0.588. The van der Waals surface area contributed by atoms with Crippen molar-refractivity contribution >= 4 is 11.6 Å². The van der Waals surface area contributed by atoms with E-state index in [0.717, 1.165) is 36.9 Å². The number of hydrogen-bond acceptors (Lipinski definition) is 2. The van der Waals surface area contributed by atoms with Gasteiger partial charge < -0.3 is 11.1 Å². The number of nitrogens with two attached hydrogens (primary N) is 1. The molecule has 0 heterocycles. The predicted octanol–water partition coefficient (Wildman–Crippen LogP) is 3.57. The molecule has 1 saturated carbocycles. The molecule has 3 N–H and O–H groups in total. The van der Waals surface area contributed by atoms with Crippen LogP contribution in [-0.4, -0.2) is 11.9 Å². The molecule has 3 heteroatoms. The Labute approximate surface area is 121 Å². The van der Waals surface area contributed by atoms with Gasteiger partial charge in [-0.25, -0.2) is 0 Å². The van der Waals surface area contributed by atoms with Crippen LogP contribution < -0.4 is 11.1 Å². The van der Waals surface area contributed by atoms with E-state index >= 15 is 0 Å². The molecule has 1 aliphatic rings. The molecule has 1 amide bonds. The molecule has 3 nitrogen and oxygen atoms in total. The molecule has 110 valence electrons. The highest BCUT2D eigenvalue weighted by atomic mass is 16.1. The second kappa shape index (κ2) is 6.40. The van der Waals surface area contributed by atoms with E-state index in [1.807, 2.05) is 19.1 Å². The van der Waals surface area contributed by atoms with Gasteiger partial charge >= 0.3 is 0 Å². The predicted molar refractivity (Wildman–Crippen MR) is 83.8 cm³/mol. The van der Waals surface area contributed by atoms with Crippen LogP contribution in [0.4, 0.5) is 5.69 Å². The Bertz CT molecular complexity index is 482. The van der Waals surface area contributed by atoms with Gasteiger partial charge in [0, 0.05) is 11.7 Å². The number of aryl methyl sites for hydroxylation is 1. The molecule has 2 rings (SSSR count). The molecular weight excluding hydrogens is 248 g/mol. The molecule has 2 unspecified atom stereocenters. The number of benzene rings is 1. The van der Waals surface area contributed by atoms with Crippen LogP contribution in [-0.2, 0) is 4.79 Å². The molecule has 1 aromatic rings. The van der Waals surface area contributed by atoms with Gasteiger partial charge in [0.15, 0.2) is 0 Å². The molecule has 20 heavy (non-hydrogen) atoms. The van der Waals surface area contributed by atoms with E-state index in [4.69, 9.17) is 5.73 Å². The summed E-state index contributed by atoms with van der Waals surface area (Å²) in [6.07, 6.45) is 4.13. The maximum atomic E-state index is 12.5. The smallest absolute Gasteiger partial charge is 0.229 e. The van der Waals surface area contributed by atoms with Gasteiger partial charge in [0.25, 0.3) is 0 Å². The van der Waals surface area contributed by atoms with Crippen LogP contribution in [0.5, 0.6) is 0 Å². The third kappa shape index (κ3) is 3.21. The van der Waals surface area contributed by atoms with Crippen LogP contribution in [0.25, 0.3) is 0 Å². The van der Waals surface area contributed by atoms with E-state index in [-0.39, 0.29) is 17.9 Å². The summed E-state index contributed by atoms with van der Waals surface area (Å²) >= 11 is 0. The summed E-state index contributed by atoms with van der Waals surface area (Å²) in [4.78, 5) is 12.5. The zero-order valence-corrected chi connectivity index (χ0v) is 12.8. The van der Waals surface area contributed by atoms with Gasteiger partial charge in [0.2, 0.25) is 5.91 Å². The molecule has 1 fully saturated rings.